The van der Waals surface area contributed by atoms with Crippen LogP contribution < -0.4 is 14.8 Å². The first kappa shape index (κ1) is 21.8. The van der Waals surface area contributed by atoms with Crippen LogP contribution in [0.3, 0.4) is 0 Å². The van der Waals surface area contributed by atoms with Gasteiger partial charge < -0.3 is 19.3 Å². The Morgan fingerprint density at radius 1 is 1.19 bits per heavy atom. The molecule has 1 unspecified atom stereocenters. The Labute approximate surface area is 187 Å². The van der Waals surface area contributed by atoms with Gasteiger partial charge in [0.25, 0.3) is 5.89 Å². The summed E-state index contributed by atoms with van der Waals surface area (Å²) in [5.41, 5.74) is 2.72. The number of anilines is 1. The third-order valence-electron chi connectivity index (χ3n) is 5.67. The Bertz CT molecular complexity index is 1060. The summed E-state index contributed by atoms with van der Waals surface area (Å²) in [5, 5.41) is 7.13. The summed E-state index contributed by atoms with van der Waals surface area (Å²) >= 11 is 0. The molecule has 1 amide bonds. The SMILES string of the molecule is COc1ccc(NC(=O)C2CCCN(Cc3noc(-c4ccc(C)cc4)n3)C2)c(OC)c1. The fraction of sp³-hybridized carbons (Fsp3) is 0.375. The van der Waals surface area contributed by atoms with Gasteiger partial charge >= 0.3 is 0 Å². The molecule has 32 heavy (non-hydrogen) atoms. The average molecular weight is 437 g/mol. The maximum absolute atomic E-state index is 12.9. The number of aryl methyl sites for hydroxylation is 1. The molecular weight excluding hydrogens is 408 g/mol. The number of likely N-dealkylation sites (tertiary alicyclic amines) is 1. The highest BCUT2D eigenvalue weighted by Gasteiger charge is 2.27. The molecule has 1 atom stereocenters. The zero-order valence-corrected chi connectivity index (χ0v) is 18.6. The maximum Gasteiger partial charge on any atom is 0.257 e. The molecule has 1 N–H and O–H groups in total. The second-order valence-corrected chi connectivity index (χ2v) is 8.01. The lowest BCUT2D eigenvalue weighted by atomic mass is 9.97. The molecule has 0 bridgehead atoms. The molecule has 1 fully saturated rings. The van der Waals surface area contributed by atoms with E-state index in [2.05, 4.69) is 20.4 Å². The third-order valence-corrected chi connectivity index (χ3v) is 5.67. The summed E-state index contributed by atoms with van der Waals surface area (Å²) < 4.78 is 16.0. The van der Waals surface area contributed by atoms with E-state index < -0.39 is 0 Å². The largest absolute Gasteiger partial charge is 0.497 e. The summed E-state index contributed by atoms with van der Waals surface area (Å²) in [4.78, 5) is 19.7. The predicted octanol–water partition coefficient (Wildman–Crippen LogP) is 3.91. The lowest BCUT2D eigenvalue weighted by Gasteiger charge is -2.31. The van der Waals surface area contributed by atoms with Crippen LogP contribution in [-0.4, -0.2) is 48.3 Å². The lowest BCUT2D eigenvalue weighted by Crippen LogP contribution is -2.40. The van der Waals surface area contributed by atoms with Gasteiger partial charge in [-0.1, -0.05) is 22.9 Å². The fourth-order valence-electron chi connectivity index (χ4n) is 3.88. The Kier molecular flexibility index (Phi) is 6.70. The predicted molar refractivity (Wildman–Crippen MR) is 121 cm³/mol. The van der Waals surface area contributed by atoms with Crippen molar-refractivity contribution in [2.75, 3.05) is 32.6 Å². The summed E-state index contributed by atoms with van der Waals surface area (Å²) in [7, 11) is 3.17. The normalized spacial score (nSPS) is 16.5. The number of benzene rings is 2. The van der Waals surface area contributed by atoms with Gasteiger partial charge in [0.2, 0.25) is 5.91 Å². The van der Waals surface area contributed by atoms with E-state index in [1.54, 1.807) is 32.4 Å². The molecule has 168 valence electrons. The molecule has 1 aromatic heterocycles. The number of methoxy groups -OCH3 is 2. The molecule has 0 saturated carbocycles. The van der Waals surface area contributed by atoms with Crippen molar-refractivity contribution in [1.29, 1.82) is 0 Å². The van der Waals surface area contributed by atoms with Crippen LogP contribution >= 0.6 is 0 Å². The number of nitrogens with one attached hydrogen (secondary N) is 1. The van der Waals surface area contributed by atoms with Gasteiger partial charge in [-0.05, 0) is 50.6 Å². The van der Waals surface area contributed by atoms with E-state index >= 15 is 0 Å². The Balaban J connectivity index is 1.37. The van der Waals surface area contributed by atoms with E-state index in [0.717, 1.165) is 24.9 Å². The Morgan fingerprint density at radius 2 is 2.00 bits per heavy atom. The second-order valence-electron chi connectivity index (χ2n) is 8.01. The molecule has 1 aliphatic rings. The first-order chi connectivity index (χ1) is 15.6. The number of carbonyl (C=O) groups excluding carboxylic acids is 1. The number of hydrogen-bond acceptors (Lipinski definition) is 7. The van der Waals surface area contributed by atoms with Crippen molar-refractivity contribution in [2.45, 2.75) is 26.3 Å². The van der Waals surface area contributed by atoms with Gasteiger partial charge in [0.05, 0.1) is 32.4 Å². The van der Waals surface area contributed by atoms with Gasteiger partial charge in [-0.3, -0.25) is 9.69 Å². The van der Waals surface area contributed by atoms with Crippen molar-refractivity contribution >= 4 is 11.6 Å². The number of piperidine rings is 1. The van der Waals surface area contributed by atoms with E-state index in [4.69, 9.17) is 14.0 Å². The molecule has 0 spiro atoms. The summed E-state index contributed by atoms with van der Waals surface area (Å²) in [5.74, 6) is 2.23. The number of hydrogen-bond donors (Lipinski definition) is 1. The number of aromatic nitrogens is 2. The molecule has 8 nitrogen and oxygen atoms in total. The van der Waals surface area contributed by atoms with Gasteiger partial charge in [-0.2, -0.15) is 4.98 Å². The van der Waals surface area contributed by atoms with Crippen LogP contribution in [-0.2, 0) is 11.3 Å². The van der Waals surface area contributed by atoms with Crippen molar-refractivity contribution in [3.63, 3.8) is 0 Å². The molecule has 0 aliphatic carbocycles. The molecule has 0 radical (unpaired) electrons. The molecule has 8 heteroatoms. The highest BCUT2D eigenvalue weighted by Crippen LogP contribution is 2.30. The topological polar surface area (TPSA) is 89.7 Å². The zero-order valence-electron chi connectivity index (χ0n) is 18.6. The molecule has 1 saturated heterocycles. The van der Waals surface area contributed by atoms with Crippen molar-refractivity contribution < 1.29 is 18.8 Å². The number of carbonyl (C=O) groups is 1. The molecule has 2 aromatic carbocycles. The van der Waals surface area contributed by atoms with E-state index in [-0.39, 0.29) is 11.8 Å². The van der Waals surface area contributed by atoms with Crippen LogP contribution in [0, 0.1) is 12.8 Å². The van der Waals surface area contributed by atoms with Crippen molar-refractivity contribution in [2.24, 2.45) is 5.92 Å². The number of nitrogens with zero attached hydrogens (tertiary/aromatic N) is 3. The van der Waals surface area contributed by atoms with Crippen molar-refractivity contribution in [3.8, 4) is 23.0 Å². The molecule has 1 aliphatic heterocycles. The average Bonchev–Trinajstić information content (AvgIpc) is 3.28. The Hall–Kier alpha value is -3.39. The van der Waals surface area contributed by atoms with Crippen LogP contribution in [0.2, 0.25) is 0 Å². The maximum atomic E-state index is 12.9. The minimum absolute atomic E-state index is 0.0216. The number of ether oxygens (including phenoxy) is 2. The molecular formula is C24H28N4O4. The fourth-order valence-corrected chi connectivity index (χ4v) is 3.88. The minimum atomic E-state index is -0.126. The Morgan fingerprint density at radius 3 is 2.75 bits per heavy atom. The quantitative estimate of drug-likeness (QED) is 0.600. The monoisotopic (exact) mass is 436 g/mol. The summed E-state index contributed by atoms with van der Waals surface area (Å²) in [6.07, 6.45) is 1.77. The first-order valence-electron chi connectivity index (χ1n) is 10.7. The molecule has 3 aromatic rings. The third kappa shape index (κ3) is 5.08. The van der Waals surface area contributed by atoms with Crippen LogP contribution in [0.1, 0.15) is 24.2 Å². The zero-order chi connectivity index (χ0) is 22.5. The van der Waals surface area contributed by atoms with Crippen LogP contribution in [0.4, 0.5) is 5.69 Å². The van der Waals surface area contributed by atoms with E-state index in [1.165, 1.54) is 5.56 Å². The second kappa shape index (κ2) is 9.82. The van der Waals surface area contributed by atoms with Gasteiger partial charge in [-0.15, -0.1) is 0 Å². The van der Waals surface area contributed by atoms with E-state index in [0.29, 0.717) is 42.0 Å². The molecule has 4 rings (SSSR count). The smallest absolute Gasteiger partial charge is 0.257 e. The lowest BCUT2D eigenvalue weighted by molar-refractivity contribution is -0.121. The first-order valence-corrected chi connectivity index (χ1v) is 10.7. The highest BCUT2D eigenvalue weighted by molar-refractivity contribution is 5.94. The standard InChI is InChI=1S/C24H28N4O4/c1-16-6-8-17(9-7-16)24-26-22(27-32-24)15-28-12-4-5-18(14-28)23(29)25-20-11-10-19(30-2)13-21(20)31-3/h6-11,13,18H,4-5,12,14-15H2,1-3H3,(H,25,29). The van der Waals surface area contributed by atoms with E-state index in [1.807, 2.05) is 31.2 Å². The van der Waals surface area contributed by atoms with Gasteiger partial charge in [-0.25, -0.2) is 0 Å². The number of amides is 1. The van der Waals surface area contributed by atoms with Gasteiger partial charge in [0, 0.05) is 18.2 Å². The van der Waals surface area contributed by atoms with Crippen LogP contribution in [0.5, 0.6) is 11.5 Å². The van der Waals surface area contributed by atoms with E-state index in [9.17, 15) is 4.79 Å². The highest BCUT2D eigenvalue weighted by atomic mass is 16.5. The van der Waals surface area contributed by atoms with Gasteiger partial charge in [0.1, 0.15) is 11.5 Å². The van der Waals surface area contributed by atoms with Gasteiger partial charge in [0.15, 0.2) is 5.82 Å². The van der Waals surface area contributed by atoms with Crippen LogP contribution in [0.25, 0.3) is 11.5 Å². The van der Waals surface area contributed by atoms with Crippen molar-refractivity contribution in [3.05, 3.63) is 53.9 Å². The summed E-state index contributed by atoms with van der Waals surface area (Å²) in [6.45, 7) is 4.12. The van der Waals surface area contributed by atoms with Crippen molar-refractivity contribution in [1.82, 2.24) is 15.0 Å². The van der Waals surface area contributed by atoms with Crippen LogP contribution in [0.15, 0.2) is 47.0 Å². The molecule has 2 heterocycles. The summed E-state index contributed by atoms with van der Waals surface area (Å²) in [6, 6.07) is 13.3. The minimum Gasteiger partial charge on any atom is -0.497 e. The number of rotatable bonds is 7.